The highest BCUT2D eigenvalue weighted by molar-refractivity contribution is 5.92. The number of rotatable bonds is 4. The van der Waals surface area contributed by atoms with Crippen molar-refractivity contribution < 1.29 is 13.9 Å². The third kappa shape index (κ3) is 3.83. The van der Waals surface area contributed by atoms with Crippen molar-refractivity contribution in [1.82, 2.24) is 5.32 Å². The predicted molar refractivity (Wildman–Crippen MR) is 90.6 cm³/mol. The number of nitrogens with one attached hydrogen (secondary N) is 1. The molecule has 128 valence electrons. The molecular weight excluding hydrogens is 295 g/mol. The van der Waals surface area contributed by atoms with E-state index in [-0.39, 0.29) is 0 Å². The fraction of sp³-hybridized carbons (Fsp3) is 0.611. The number of methoxy groups -OCH3 is 1. The van der Waals surface area contributed by atoms with Crippen LogP contribution in [0.1, 0.15) is 49.5 Å². The van der Waals surface area contributed by atoms with E-state index in [1.54, 1.807) is 0 Å². The zero-order valence-corrected chi connectivity index (χ0v) is 14.6. The SMILES string of the molecule is CCN(c1cc(F)cc(C(=O)OC)c1C)C1CC(C)NC(C)C1. The molecule has 1 fully saturated rings. The molecule has 0 radical (unpaired) electrons. The number of benzene rings is 1. The minimum atomic E-state index is -0.494. The van der Waals surface area contributed by atoms with Crippen LogP contribution in [0.2, 0.25) is 0 Å². The molecular formula is C18H27FN2O2. The molecule has 5 heteroatoms. The van der Waals surface area contributed by atoms with Crippen molar-refractivity contribution in [2.24, 2.45) is 0 Å². The van der Waals surface area contributed by atoms with E-state index in [2.05, 4.69) is 31.0 Å². The first-order valence-electron chi connectivity index (χ1n) is 8.28. The lowest BCUT2D eigenvalue weighted by Gasteiger charge is -2.41. The molecule has 2 rings (SSSR count). The smallest absolute Gasteiger partial charge is 0.338 e. The number of anilines is 1. The van der Waals surface area contributed by atoms with Crippen LogP contribution in [0.5, 0.6) is 0 Å². The Morgan fingerprint density at radius 3 is 2.48 bits per heavy atom. The highest BCUT2D eigenvalue weighted by Crippen LogP contribution is 2.30. The minimum Gasteiger partial charge on any atom is -0.465 e. The molecule has 1 aliphatic rings. The molecule has 0 saturated carbocycles. The van der Waals surface area contributed by atoms with Crippen LogP contribution in [0, 0.1) is 12.7 Å². The van der Waals surface area contributed by atoms with Gasteiger partial charge in [-0.05, 0) is 58.2 Å². The number of esters is 1. The van der Waals surface area contributed by atoms with Crippen molar-refractivity contribution in [2.45, 2.75) is 58.7 Å². The highest BCUT2D eigenvalue weighted by atomic mass is 19.1. The van der Waals surface area contributed by atoms with Gasteiger partial charge in [0.15, 0.2) is 0 Å². The largest absolute Gasteiger partial charge is 0.465 e. The summed E-state index contributed by atoms with van der Waals surface area (Å²) in [5.41, 5.74) is 1.87. The Labute approximate surface area is 138 Å². The summed E-state index contributed by atoms with van der Waals surface area (Å²) in [4.78, 5) is 14.1. The summed E-state index contributed by atoms with van der Waals surface area (Å²) in [5, 5.41) is 3.53. The first kappa shape index (κ1) is 17.7. The van der Waals surface area contributed by atoms with Crippen molar-refractivity contribution in [3.8, 4) is 0 Å². The van der Waals surface area contributed by atoms with E-state index >= 15 is 0 Å². The van der Waals surface area contributed by atoms with Gasteiger partial charge < -0.3 is 15.0 Å². The number of halogens is 1. The second-order valence-corrected chi connectivity index (χ2v) is 6.47. The molecule has 1 aromatic carbocycles. The summed E-state index contributed by atoms with van der Waals surface area (Å²) in [6.45, 7) is 9.05. The molecule has 2 atom stereocenters. The fourth-order valence-corrected chi connectivity index (χ4v) is 3.70. The van der Waals surface area contributed by atoms with Gasteiger partial charge in [0.25, 0.3) is 0 Å². The third-order valence-electron chi connectivity index (χ3n) is 4.66. The van der Waals surface area contributed by atoms with Gasteiger partial charge in [-0.3, -0.25) is 0 Å². The first-order chi connectivity index (χ1) is 10.9. The second-order valence-electron chi connectivity index (χ2n) is 6.47. The average molecular weight is 322 g/mol. The van der Waals surface area contributed by atoms with Crippen LogP contribution in [-0.4, -0.2) is 37.7 Å². The Morgan fingerprint density at radius 2 is 1.96 bits per heavy atom. The monoisotopic (exact) mass is 322 g/mol. The number of carbonyl (C=O) groups excluding carboxylic acids is 1. The van der Waals surface area contributed by atoms with Gasteiger partial charge in [-0.25, -0.2) is 9.18 Å². The molecule has 2 unspecified atom stereocenters. The standard InChI is InChI=1S/C18H27FN2O2/c1-6-21(15-7-11(2)20-12(3)8-15)17-10-14(19)9-16(13(17)4)18(22)23-5/h9-12,15,20H,6-8H2,1-5H3. The zero-order valence-electron chi connectivity index (χ0n) is 14.6. The molecule has 1 saturated heterocycles. The predicted octanol–water partition coefficient (Wildman–Crippen LogP) is 3.28. The Morgan fingerprint density at radius 1 is 1.35 bits per heavy atom. The van der Waals surface area contributed by atoms with Crippen LogP contribution < -0.4 is 10.2 Å². The molecule has 1 aliphatic heterocycles. The van der Waals surface area contributed by atoms with E-state index in [4.69, 9.17) is 4.74 Å². The number of hydrogen-bond acceptors (Lipinski definition) is 4. The molecule has 23 heavy (non-hydrogen) atoms. The van der Waals surface area contributed by atoms with Gasteiger partial charge in [0.1, 0.15) is 5.82 Å². The second kappa shape index (κ2) is 7.30. The van der Waals surface area contributed by atoms with Crippen molar-refractivity contribution in [3.05, 3.63) is 29.1 Å². The van der Waals surface area contributed by atoms with Crippen LogP contribution >= 0.6 is 0 Å². The summed E-state index contributed by atoms with van der Waals surface area (Å²) in [5.74, 6) is -0.897. The number of hydrogen-bond donors (Lipinski definition) is 1. The lowest BCUT2D eigenvalue weighted by atomic mass is 9.92. The molecule has 4 nitrogen and oxygen atoms in total. The lowest BCUT2D eigenvalue weighted by Crippen LogP contribution is -2.51. The van der Waals surface area contributed by atoms with Crippen LogP contribution in [0.3, 0.4) is 0 Å². The number of piperidine rings is 1. The van der Waals surface area contributed by atoms with Crippen LogP contribution in [0.15, 0.2) is 12.1 Å². The van der Waals surface area contributed by atoms with Crippen LogP contribution in [0.25, 0.3) is 0 Å². The van der Waals surface area contributed by atoms with Crippen molar-refractivity contribution in [1.29, 1.82) is 0 Å². The first-order valence-corrected chi connectivity index (χ1v) is 8.28. The number of nitrogens with zero attached hydrogens (tertiary/aromatic N) is 1. The van der Waals surface area contributed by atoms with Crippen molar-refractivity contribution in [2.75, 3.05) is 18.6 Å². The minimum absolute atomic E-state index is 0.302. The topological polar surface area (TPSA) is 41.6 Å². The molecule has 1 N–H and O–H groups in total. The van der Waals surface area contributed by atoms with Gasteiger partial charge in [0.2, 0.25) is 0 Å². The molecule has 0 aliphatic carbocycles. The van der Waals surface area contributed by atoms with Crippen molar-refractivity contribution >= 4 is 11.7 Å². The fourth-order valence-electron chi connectivity index (χ4n) is 3.70. The molecule has 0 amide bonds. The van der Waals surface area contributed by atoms with Gasteiger partial charge in [0, 0.05) is 30.4 Å². The Bertz CT molecular complexity index is 566. The maximum Gasteiger partial charge on any atom is 0.338 e. The molecule has 1 heterocycles. The molecule has 0 spiro atoms. The summed E-state index contributed by atoms with van der Waals surface area (Å²) < 4.78 is 18.9. The Hall–Kier alpha value is -1.62. The maximum absolute atomic E-state index is 14.1. The molecule has 1 aromatic rings. The van der Waals surface area contributed by atoms with Gasteiger partial charge in [0.05, 0.1) is 12.7 Å². The van der Waals surface area contributed by atoms with Gasteiger partial charge >= 0.3 is 5.97 Å². The summed E-state index contributed by atoms with van der Waals surface area (Å²) >= 11 is 0. The Balaban J connectivity index is 2.41. The van der Waals surface area contributed by atoms with Gasteiger partial charge in [-0.15, -0.1) is 0 Å². The van der Waals surface area contributed by atoms with E-state index in [1.807, 2.05) is 6.92 Å². The van der Waals surface area contributed by atoms with E-state index in [0.717, 1.165) is 30.6 Å². The number of ether oxygens (including phenoxy) is 1. The summed E-state index contributed by atoms with van der Waals surface area (Å²) in [7, 11) is 1.32. The zero-order chi connectivity index (χ0) is 17.1. The van der Waals surface area contributed by atoms with Gasteiger partial charge in [-0.2, -0.15) is 0 Å². The van der Waals surface area contributed by atoms with Crippen LogP contribution in [0.4, 0.5) is 10.1 Å². The molecule has 0 bridgehead atoms. The molecule has 0 aromatic heterocycles. The van der Waals surface area contributed by atoms with Gasteiger partial charge in [-0.1, -0.05) is 0 Å². The Kier molecular flexibility index (Phi) is 5.63. The summed E-state index contributed by atoms with van der Waals surface area (Å²) in [6, 6.07) is 3.96. The average Bonchev–Trinajstić information content (AvgIpc) is 2.49. The van der Waals surface area contributed by atoms with E-state index < -0.39 is 11.8 Å². The summed E-state index contributed by atoms with van der Waals surface area (Å²) in [6.07, 6.45) is 2.00. The van der Waals surface area contributed by atoms with E-state index in [0.29, 0.717) is 23.7 Å². The van der Waals surface area contributed by atoms with E-state index in [1.165, 1.54) is 19.2 Å². The quantitative estimate of drug-likeness (QED) is 0.864. The third-order valence-corrected chi connectivity index (χ3v) is 4.66. The van der Waals surface area contributed by atoms with E-state index in [9.17, 15) is 9.18 Å². The lowest BCUT2D eigenvalue weighted by molar-refractivity contribution is 0.0599. The number of carbonyl (C=O) groups is 1. The highest BCUT2D eigenvalue weighted by Gasteiger charge is 2.29. The normalized spacial score (nSPS) is 24.3. The van der Waals surface area contributed by atoms with Crippen LogP contribution in [-0.2, 0) is 4.74 Å². The van der Waals surface area contributed by atoms with Crippen molar-refractivity contribution in [3.63, 3.8) is 0 Å². The maximum atomic E-state index is 14.1.